The average molecular weight is 312 g/mol. The van der Waals surface area contributed by atoms with Gasteiger partial charge in [-0.05, 0) is 43.2 Å². The van der Waals surface area contributed by atoms with Crippen LogP contribution in [0.3, 0.4) is 0 Å². The number of amides is 1. The predicted octanol–water partition coefficient (Wildman–Crippen LogP) is 3.42. The van der Waals surface area contributed by atoms with Gasteiger partial charge in [-0.3, -0.25) is 4.79 Å². The molecule has 0 saturated heterocycles. The fraction of sp³-hybridized carbons (Fsp3) is 0.278. The third kappa shape index (κ3) is 3.56. The van der Waals surface area contributed by atoms with Crippen LogP contribution in [0.25, 0.3) is 0 Å². The third-order valence-electron chi connectivity index (χ3n) is 3.75. The SMILES string of the molecule is CCc1cccc(N[C@@H](C)C(=O)Nc2ccc3c(c2)OCO3)c1. The molecule has 0 saturated carbocycles. The van der Waals surface area contributed by atoms with E-state index in [1.54, 1.807) is 18.2 Å². The van der Waals surface area contributed by atoms with Crippen LogP contribution in [0.1, 0.15) is 19.4 Å². The second-order valence-corrected chi connectivity index (χ2v) is 5.48. The Balaban J connectivity index is 1.63. The van der Waals surface area contributed by atoms with Crippen LogP contribution in [0.2, 0.25) is 0 Å². The maximum atomic E-state index is 12.3. The van der Waals surface area contributed by atoms with Crippen molar-refractivity contribution in [2.75, 3.05) is 17.4 Å². The van der Waals surface area contributed by atoms with E-state index in [1.807, 2.05) is 19.1 Å². The summed E-state index contributed by atoms with van der Waals surface area (Å²) in [6, 6.07) is 13.1. The summed E-state index contributed by atoms with van der Waals surface area (Å²) < 4.78 is 10.6. The molecule has 1 heterocycles. The Morgan fingerprint density at radius 2 is 1.96 bits per heavy atom. The molecule has 2 aromatic rings. The van der Waals surface area contributed by atoms with E-state index in [2.05, 4.69) is 29.7 Å². The Bertz CT molecular complexity index is 715. The fourth-order valence-corrected chi connectivity index (χ4v) is 2.42. The molecule has 23 heavy (non-hydrogen) atoms. The van der Waals surface area contributed by atoms with Crippen LogP contribution in [0, 0.1) is 0 Å². The first-order chi connectivity index (χ1) is 11.2. The molecule has 0 aliphatic carbocycles. The molecule has 1 aliphatic rings. The van der Waals surface area contributed by atoms with E-state index in [4.69, 9.17) is 9.47 Å². The molecule has 0 radical (unpaired) electrons. The third-order valence-corrected chi connectivity index (χ3v) is 3.75. The first-order valence-electron chi connectivity index (χ1n) is 7.71. The first kappa shape index (κ1) is 15.2. The monoisotopic (exact) mass is 312 g/mol. The van der Waals surface area contributed by atoms with Crippen LogP contribution in [-0.4, -0.2) is 18.7 Å². The number of nitrogens with one attached hydrogen (secondary N) is 2. The van der Waals surface area contributed by atoms with Crippen molar-refractivity contribution in [3.05, 3.63) is 48.0 Å². The molecule has 0 fully saturated rings. The lowest BCUT2D eigenvalue weighted by Gasteiger charge is -2.16. The van der Waals surface area contributed by atoms with Gasteiger partial charge < -0.3 is 20.1 Å². The van der Waals surface area contributed by atoms with Crippen LogP contribution < -0.4 is 20.1 Å². The largest absolute Gasteiger partial charge is 0.454 e. The maximum Gasteiger partial charge on any atom is 0.246 e. The Morgan fingerprint density at radius 3 is 2.78 bits per heavy atom. The highest BCUT2D eigenvalue weighted by atomic mass is 16.7. The molecule has 1 aliphatic heterocycles. The minimum absolute atomic E-state index is 0.106. The molecule has 3 rings (SSSR count). The molecule has 120 valence electrons. The number of ether oxygens (including phenoxy) is 2. The second kappa shape index (κ2) is 6.60. The summed E-state index contributed by atoms with van der Waals surface area (Å²) >= 11 is 0. The molecule has 0 unspecified atom stereocenters. The Kier molecular flexibility index (Phi) is 4.37. The topological polar surface area (TPSA) is 59.6 Å². The zero-order chi connectivity index (χ0) is 16.2. The fourth-order valence-electron chi connectivity index (χ4n) is 2.42. The summed E-state index contributed by atoms with van der Waals surface area (Å²) in [4.78, 5) is 12.3. The number of hydrogen-bond acceptors (Lipinski definition) is 4. The number of anilines is 2. The summed E-state index contributed by atoms with van der Waals surface area (Å²) in [7, 11) is 0. The van der Waals surface area contributed by atoms with Crippen LogP contribution in [0.4, 0.5) is 11.4 Å². The van der Waals surface area contributed by atoms with Gasteiger partial charge >= 0.3 is 0 Å². The summed E-state index contributed by atoms with van der Waals surface area (Å²) in [6.07, 6.45) is 0.966. The van der Waals surface area contributed by atoms with E-state index < -0.39 is 0 Å². The zero-order valence-electron chi connectivity index (χ0n) is 13.3. The molecule has 2 N–H and O–H groups in total. The van der Waals surface area contributed by atoms with Gasteiger partial charge in [0.1, 0.15) is 6.04 Å². The van der Waals surface area contributed by atoms with Crippen LogP contribution >= 0.6 is 0 Å². The summed E-state index contributed by atoms with van der Waals surface area (Å²) in [5, 5.41) is 6.10. The second-order valence-electron chi connectivity index (χ2n) is 5.48. The number of benzene rings is 2. The highest BCUT2D eigenvalue weighted by Crippen LogP contribution is 2.34. The van der Waals surface area contributed by atoms with Crippen LogP contribution in [-0.2, 0) is 11.2 Å². The maximum absolute atomic E-state index is 12.3. The molecule has 0 bridgehead atoms. The van der Waals surface area contributed by atoms with E-state index in [0.717, 1.165) is 12.1 Å². The van der Waals surface area contributed by atoms with Crippen molar-refractivity contribution in [1.82, 2.24) is 0 Å². The minimum Gasteiger partial charge on any atom is -0.454 e. The van der Waals surface area contributed by atoms with Gasteiger partial charge in [-0.15, -0.1) is 0 Å². The van der Waals surface area contributed by atoms with Gasteiger partial charge in [0.15, 0.2) is 11.5 Å². The Hall–Kier alpha value is -2.69. The normalized spacial score (nSPS) is 13.5. The molecular formula is C18H20N2O3. The number of carbonyl (C=O) groups is 1. The van der Waals surface area contributed by atoms with Crippen molar-refractivity contribution < 1.29 is 14.3 Å². The van der Waals surface area contributed by atoms with Gasteiger partial charge in [-0.2, -0.15) is 0 Å². The lowest BCUT2D eigenvalue weighted by Crippen LogP contribution is -2.31. The van der Waals surface area contributed by atoms with Gasteiger partial charge in [0, 0.05) is 17.4 Å². The smallest absolute Gasteiger partial charge is 0.246 e. The minimum atomic E-state index is -0.354. The molecule has 5 heteroatoms. The summed E-state index contributed by atoms with van der Waals surface area (Å²) in [5.74, 6) is 1.25. The van der Waals surface area contributed by atoms with Crippen LogP contribution in [0.5, 0.6) is 11.5 Å². The molecule has 1 atom stereocenters. The lowest BCUT2D eigenvalue weighted by atomic mass is 10.1. The number of carbonyl (C=O) groups excluding carboxylic acids is 1. The number of rotatable bonds is 5. The molecule has 5 nitrogen and oxygen atoms in total. The zero-order valence-corrected chi connectivity index (χ0v) is 13.3. The number of fused-ring (bicyclic) bond motifs is 1. The van der Waals surface area contributed by atoms with Gasteiger partial charge in [0.05, 0.1) is 0 Å². The van der Waals surface area contributed by atoms with Gasteiger partial charge in [0.2, 0.25) is 12.7 Å². The van der Waals surface area contributed by atoms with Crippen molar-refractivity contribution in [1.29, 1.82) is 0 Å². The molecule has 2 aromatic carbocycles. The van der Waals surface area contributed by atoms with Gasteiger partial charge in [0.25, 0.3) is 0 Å². The van der Waals surface area contributed by atoms with E-state index in [0.29, 0.717) is 17.2 Å². The van der Waals surface area contributed by atoms with Crippen molar-refractivity contribution in [3.8, 4) is 11.5 Å². The van der Waals surface area contributed by atoms with E-state index >= 15 is 0 Å². The highest BCUT2D eigenvalue weighted by molar-refractivity contribution is 5.96. The molecule has 1 amide bonds. The van der Waals surface area contributed by atoms with Crippen molar-refractivity contribution >= 4 is 17.3 Å². The lowest BCUT2D eigenvalue weighted by molar-refractivity contribution is -0.116. The standard InChI is InChI=1S/C18H20N2O3/c1-3-13-5-4-6-14(9-13)19-12(2)18(21)20-15-7-8-16-17(10-15)23-11-22-16/h4-10,12,19H,3,11H2,1-2H3,(H,20,21)/t12-/m0/s1. The van der Waals surface area contributed by atoms with E-state index in [-0.39, 0.29) is 18.7 Å². The Labute approximate surface area is 135 Å². The number of hydrogen-bond donors (Lipinski definition) is 2. The van der Waals surface area contributed by atoms with E-state index in [1.165, 1.54) is 5.56 Å². The van der Waals surface area contributed by atoms with Crippen LogP contribution in [0.15, 0.2) is 42.5 Å². The Morgan fingerprint density at radius 1 is 1.13 bits per heavy atom. The van der Waals surface area contributed by atoms with Gasteiger partial charge in [-0.1, -0.05) is 19.1 Å². The molecular weight excluding hydrogens is 292 g/mol. The summed E-state index contributed by atoms with van der Waals surface area (Å²) in [5.41, 5.74) is 2.87. The van der Waals surface area contributed by atoms with Gasteiger partial charge in [-0.25, -0.2) is 0 Å². The first-order valence-corrected chi connectivity index (χ1v) is 7.71. The van der Waals surface area contributed by atoms with Crippen molar-refractivity contribution in [2.45, 2.75) is 26.3 Å². The molecule has 0 spiro atoms. The quantitative estimate of drug-likeness (QED) is 0.888. The number of aryl methyl sites for hydroxylation is 1. The molecule has 0 aromatic heterocycles. The predicted molar refractivity (Wildman–Crippen MR) is 90.1 cm³/mol. The average Bonchev–Trinajstić information content (AvgIpc) is 3.02. The highest BCUT2D eigenvalue weighted by Gasteiger charge is 2.16. The van der Waals surface area contributed by atoms with E-state index in [9.17, 15) is 4.79 Å². The van der Waals surface area contributed by atoms with Crippen molar-refractivity contribution in [3.63, 3.8) is 0 Å². The van der Waals surface area contributed by atoms with Crippen molar-refractivity contribution in [2.24, 2.45) is 0 Å². The summed E-state index contributed by atoms with van der Waals surface area (Å²) in [6.45, 7) is 4.16.